The molecule has 1 aromatic rings. The summed E-state index contributed by atoms with van der Waals surface area (Å²) in [4.78, 5) is 5.46. The molecular weight excluding hydrogens is 196 g/mol. The summed E-state index contributed by atoms with van der Waals surface area (Å²) in [6, 6.07) is 0. The van der Waals surface area contributed by atoms with Crippen molar-refractivity contribution in [2.45, 2.75) is 25.7 Å². The first kappa shape index (κ1) is 9.93. The van der Waals surface area contributed by atoms with Crippen molar-refractivity contribution < 1.29 is 4.74 Å². The van der Waals surface area contributed by atoms with E-state index in [0.29, 0.717) is 12.0 Å². The minimum Gasteiger partial charge on any atom is -0.473 e. The first-order chi connectivity index (χ1) is 6.55. The minimum absolute atomic E-state index is 0.154. The molecule has 0 aromatic carbocycles. The highest BCUT2D eigenvalue weighted by Crippen LogP contribution is 2.64. The Labute approximate surface area is 88.3 Å². The Kier molecular flexibility index (Phi) is 2.08. The van der Waals surface area contributed by atoms with E-state index in [9.17, 15) is 0 Å². The largest absolute Gasteiger partial charge is 0.473 e. The van der Waals surface area contributed by atoms with E-state index in [1.165, 1.54) is 4.88 Å². The maximum Gasteiger partial charge on any atom is 0.273 e. The molecule has 4 heteroatoms. The summed E-state index contributed by atoms with van der Waals surface area (Å²) in [6.45, 7) is 5.21. The van der Waals surface area contributed by atoms with Crippen molar-refractivity contribution >= 4 is 11.3 Å². The van der Waals surface area contributed by atoms with Crippen LogP contribution in [0.4, 0.5) is 0 Å². The molecule has 1 unspecified atom stereocenters. The normalized spacial score (nSPS) is 28.9. The molecule has 2 rings (SSSR count). The predicted octanol–water partition coefficient (Wildman–Crippen LogP) is 1.78. The molecule has 0 amide bonds. The maximum atomic E-state index is 5.87. The zero-order valence-electron chi connectivity index (χ0n) is 8.83. The highest BCUT2D eigenvalue weighted by Gasteiger charge is 2.62. The highest BCUT2D eigenvalue weighted by molar-refractivity contribution is 7.13. The van der Waals surface area contributed by atoms with Gasteiger partial charge in [-0.3, -0.25) is 0 Å². The molecule has 1 aliphatic rings. The fraction of sp³-hybridized carbons (Fsp3) is 0.700. The first-order valence-electron chi connectivity index (χ1n) is 4.76. The van der Waals surface area contributed by atoms with Gasteiger partial charge in [0.15, 0.2) is 0 Å². The van der Waals surface area contributed by atoms with Gasteiger partial charge in [0, 0.05) is 23.0 Å². The van der Waals surface area contributed by atoms with E-state index in [4.69, 9.17) is 10.5 Å². The van der Waals surface area contributed by atoms with Gasteiger partial charge < -0.3 is 10.5 Å². The molecule has 1 aliphatic carbocycles. The monoisotopic (exact) mass is 212 g/mol. The third kappa shape index (κ3) is 1.17. The number of methoxy groups -OCH3 is 1. The van der Waals surface area contributed by atoms with Gasteiger partial charge in [-0.05, 0) is 11.8 Å². The fourth-order valence-corrected chi connectivity index (χ4v) is 3.26. The van der Waals surface area contributed by atoms with Crippen LogP contribution in [-0.2, 0) is 5.41 Å². The van der Waals surface area contributed by atoms with Crippen molar-refractivity contribution in [3.63, 3.8) is 0 Å². The van der Waals surface area contributed by atoms with Gasteiger partial charge in [0.05, 0.1) is 7.11 Å². The molecule has 0 aliphatic heterocycles. The molecule has 3 nitrogen and oxygen atoms in total. The van der Waals surface area contributed by atoms with Crippen LogP contribution < -0.4 is 10.5 Å². The third-order valence-corrected chi connectivity index (χ3v) is 4.56. The molecule has 78 valence electrons. The molecule has 1 saturated carbocycles. The van der Waals surface area contributed by atoms with E-state index in [1.54, 1.807) is 18.4 Å². The van der Waals surface area contributed by atoms with Gasteiger partial charge in [-0.1, -0.05) is 25.2 Å². The second kappa shape index (κ2) is 2.94. The minimum atomic E-state index is 0.154. The molecule has 0 spiro atoms. The van der Waals surface area contributed by atoms with Crippen LogP contribution >= 0.6 is 11.3 Å². The predicted molar refractivity (Wildman–Crippen MR) is 57.8 cm³/mol. The number of hydrogen-bond acceptors (Lipinski definition) is 4. The lowest BCUT2D eigenvalue weighted by atomic mass is 9.95. The quantitative estimate of drug-likeness (QED) is 0.830. The van der Waals surface area contributed by atoms with Crippen LogP contribution in [0, 0.1) is 5.41 Å². The summed E-state index contributed by atoms with van der Waals surface area (Å²) in [6.07, 6.45) is 3.06. The van der Waals surface area contributed by atoms with Crippen LogP contribution in [0.2, 0.25) is 0 Å². The molecule has 1 fully saturated rings. The highest BCUT2D eigenvalue weighted by atomic mass is 32.1. The Balaban J connectivity index is 2.31. The van der Waals surface area contributed by atoms with Crippen molar-refractivity contribution in [3.8, 4) is 5.19 Å². The molecule has 0 saturated heterocycles. The van der Waals surface area contributed by atoms with Crippen molar-refractivity contribution in [1.82, 2.24) is 4.98 Å². The Morgan fingerprint density at radius 1 is 1.64 bits per heavy atom. The van der Waals surface area contributed by atoms with Gasteiger partial charge in [-0.25, -0.2) is 4.98 Å². The van der Waals surface area contributed by atoms with Crippen molar-refractivity contribution in [2.24, 2.45) is 11.1 Å². The smallest absolute Gasteiger partial charge is 0.273 e. The van der Waals surface area contributed by atoms with Crippen molar-refractivity contribution in [1.29, 1.82) is 0 Å². The Morgan fingerprint density at radius 3 is 2.64 bits per heavy atom. The van der Waals surface area contributed by atoms with Crippen molar-refractivity contribution in [2.75, 3.05) is 13.7 Å². The van der Waals surface area contributed by atoms with Crippen LogP contribution in [0.1, 0.15) is 25.1 Å². The number of rotatable bonds is 3. The zero-order valence-corrected chi connectivity index (χ0v) is 9.65. The van der Waals surface area contributed by atoms with E-state index in [2.05, 4.69) is 18.8 Å². The molecule has 1 aromatic heterocycles. The Hall–Kier alpha value is -0.610. The van der Waals surface area contributed by atoms with Gasteiger partial charge in [0.2, 0.25) is 0 Å². The second-order valence-corrected chi connectivity index (χ2v) is 5.53. The van der Waals surface area contributed by atoms with E-state index < -0.39 is 0 Å². The average Bonchev–Trinajstić information content (AvgIpc) is 2.57. The summed E-state index contributed by atoms with van der Waals surface area (Å²) in [5.41, 5.74) is 6.34. The molecule has 1 heterocycles. The van der Waals surface area contributed by atoms with Crippen LogP contribution in [0.5, 0.6) is 5.19 Å². The number of nitrogens with two attached hydrogens (primary N) is 1. The maximum absolute atomic E-state index is 5.87. The third-order valence-electron chi connectivity index (χ3n) is 3.39. The number of ether oxygens (including phenoxy) is 1. The molecular formula is C10H16N2OS. The van der Waals surface area contributed by atoms with Gasteiger partial charge in [0.25, 0.3) is 5.19 Å². The second-order valence-electron chi connectivity index (χ2n) is 4.54. The summed E-state index contributed by atoms with van der Waals surface area (Å²) in [5, 5.41) is 0.732. The summed E-state index contributed by atoms with van der Waals surface area (Å²) < 4.78 is 5.10. The van der Waals surface area contributed by atoms with E-state index >= 15 is 0 Å². The lowest BCUT2D eigenvalue weighted by molar-refractivity contribution is 0.412. The average molecular weight is 212 g/mol. The molecule has 0 radical (unpaired) electrons. The van der Waals surface area contributed by atoms with Crippen LogP contribution in [0.25, 0.3) is 0 Å². The van der Waals surface area contributed by atoms with Gasteiger partial charge in [-0.15, -0.1) is 0 Å². The van der Waals surface area contributed by atoms with E-state index in [-0.39, 0.29) is 5.41 Å². The number of thiazole rings is 1. The zero-order chi connectivity index (χ0) is 10.4. The lowest BCUT2D eigenvalue weighted by Gasteiger charge is -2.15. The molecule has 1 atom stereocenters. The van der Waals surface area contributed by atoms with Gasteiger partial charge >= 0.3 is 0 Å². The standard InChI is InChI=1S/C10H16N2OS/c1-9(2)5-10(9,6-11)7-4-12-8(13-3)14-7/h4H,5-6,11H2,1-3H3. The van der Waals surface area contributed by atoms with Crippen LogP contribution in [0.15, 0.2) is 6.20 Å². The van der Waals surface area contributed by atoms with E-state index in [0.717, 1.165) is 11.6 Å². The SMILES string of the molecule is COc1ncc(C2(CN)CC2(C)C)s1. The number of aromatic nitrogens is 1. The van der Waals surface area contributed by atoms with Crippen LogP contribution in [-0.4, -0.2) is 18.6 Å². The van der Waals surface area contributed by atoms with Crippen molar-refractivity contribution in [3.05, 3.63) is 11.1 Å². The number of hydrogen-bond donors (Lipinski definition) is 1. The van der Waals surface area contributed by atoms with E-state index in [1.807, 2.05) is 6.20 Å². The molecule has 14 heavy (non-hydrogen) atoms. The number of nitrogens with zero attached hydrogens (tertiary/aromatic N) is 1. The Bertz CT molecular complexity index is 348. The summed E-state index contributed by atoms with van der Waals surface area (Å²) in [5.74, 6) is 0. The summed E-state index contributed by atoms with van der Waals surface area (Å²) in [7, 11) is 1.65. The van der Waals surface area contributed by atoms with Gasteiger partial charge in [-0.2, -0.15) is 0 Å². The first-order valence-corrected chi connectivity index (χ1v) is 5.58. The van der Waals surface area contributed by atoms with Crippen LogP contribution in [0.3, 0.4) is 0 Å². The summed E-state index contributed by atoms with van der Waals surface area (Å²) >= 11 is 1.62. The molecule has 0 bridgehead atoms. The lowest BCUT2D eigenvalue weighted by Crippen LogP contribution is -2.24. The molecule has 2 N–H and O–H groups in total. The van der Waals surface area contributed by atoms with Gasteiger partial charge in [0.1, 0.15) is 0 Å². The fourth-order valence-electron chi connectivity index (χ4n) is 2.15. The Morgan fingerprint density at radius 2 is 2.29 bits per heavy atom. The topological polar surface area (TPSA) is 48.1 Å².